The summed E-state index contributed by atoms with van der Waals surface area (Å²) in [7, 11) is 0. The van der Waals surface area contributed by atoms with Crippen molar-refractivity contribution in [2.75, 3.05) is 6.54 Å². The summed E-state index contributed by atoms with van der Waals surface area (Å²) in [5.41, 5.74) is 6.54. The standard InChI is InChI=1S/C13H24N4O/c1-5-17-9-15-8-11(17)6-10(7-14)12(18)16-13(2,3)4/h8-10H,5-7,14H2,1-4H3,(H,16,18). The Morgan fingerprint density at radius 1 is 1.56 bits per heavy atom. The van der Waals surface area contributed by atoms with Gasteiger partial charge >= 0.3 is 0 Å². The van der Waals surface area contributed by atoms with Gasteiger partial charge in [-0.2, -0.15) is 0 Å². The number of aromatic nitrogens is 2. The zero-order valence-corrected chi connectivity index (χ0v) is 11.7. The number of rotatable bonds is 5. The Morgan fingerprint density at radius 2 is 2.22 bits per heavy atom. The van der Waals surface area contributed by atoms with Gasteiger partial charge in [0.1, 0.15) is 0 Å². The van der Waals surface area contributed by atoms with E-state index in [9.17, 15) is 4.79 Å². The van der Waals surface area contributed by atoms with Crippen molar-refractivity contribution in [1.82, 2.24) is 14.9 Å². The van der Waals surface area contributed by atoms with Crippen LogP contribution in [-0.2, 0) is 17.8 Å². The van der Waals surface area contributed by atoms with Crippen molar-refractivity contribution in [3.63, 3.8) is 0 Å². The number of hydrogen-bond acceptors (Lipinski definition) is 3. The average molecular weight is 252 g/mol. The summed E-state index contributed by atoms with van der Waals surface area (Å²) in [6.07, 6.45) is 4.22. The minimum atomic E-state index is -0.227. The van der Waals surface area contributed by atoms with Crippen molar-refractivity contribution in [2.24, 2.45) is 11.7 Å². The van der Waals surface area contributed by atoms with Gasteiger partial charge in [0.2, 0.25) is 5.91 Å². The number of imidazole rings is 1. The summed E-state index contributed by atoms with van der Waals surface area (Å²) in [4.78, 5) is 16.2. The monoisotopic (exact) mass is 252 g/mol. The Kier molecular flexibility index (Phi) is 4.90. The average Bonchev–Trinajstić information content (AvgIpc) is 2.70. The van der Waals surface area contributed by atoms with E-state index < -0.39 is 0 Å². The van der Waals surface area contributed by atoms with E-state index in [0.29, 0.717) is 13.0 Å². The van der Waals surface area contributed by atoms with Crippen LogP contribution in [0.5, 0.6) is 0 Å². The van der Waals surface area contributed by atoms with Crippen molar-refractivity contribution >= 4 is 5.91 Å². The lowest BCUT2D eigenvalue weighted by atomic mass is 10.00. The summed E-state index contributed by atoms with van der Waals surface area (Å²) >= 11 is 0. The third-order valence-electron chi connectivity index (χ3n) is 2.75. The molecule has 1 heterocycles. The van der Waals surface area contributed by atoms with Gasteiger partial charge in [-0.3, -0.25) is 4.79 Å². The highest BCUT2D eigenvalue weighted by Gasteiger charge is 2.22. The molecule has 102 valence electrons. The van der Waals surface area contributed by atoms with Crippen LogP contribution in [0.1, 0.15) is 33.4 Å². The SMILES string of the molecule is CCn1cncc1CC(CN)C(=O)NC(C)(C)C. The first-order chi connectivity index (χ1) is 8.37. The van der Waals surface area contributed by atoms with E-state index in [2.05, 4.69) is 17.2 Å². The Bertz CT molecular complexity index is 392. The van der Waals surface area contributed by atoms with E-state index in [1.165, 1.54) is 0 Å². The number of carbonyl (C=O) groups excluding carboxylic acids is 1. The first-order valence-electron chi connectivity index (χ1n) is 6.38. The van der Waals surface area contributed by atoms with Crippen LogP contribution in [0.15, 0.2) is 12.5 Å². The molecule has 0 saturated heterocycles. The molecule has 0 radical (unpaired) electrons. The molecule has 18 heavy (non-hydrogen) atoms. The van der Waals surface area contributed by atoms with Gasteiger partial charge in [0, 0.05) is 36.9 Å². The van der Waals surface area contributed by atoms with Crippen LogP contribution in [0, 0.1) is 5.92 Å². The van der Waals surface area contributed by atoms with Crippen molar-refractivity contribution in [3.05, 3.63) is 18.2 Å². The third-order valence-corrected chi connectivity index (χ3v) is 2.75. The second-order valence-corrected chi connectivity index (χ2v) is 5.55. The molecule has 1 aromatic heterocycles. The van der Waals surface area contributed by atoms with Gasteiger partial charge in [0.15, 0.2) is 0 Å². The molecule has 1 aromatic rings. The Labute approximate surface area is 109 Å². The summed E-state index contributed by atoms with van der Waals surface area (Å²) < 4.78 is 2.03. The molecule has 0 spiro atoms. The quantitative estimate of drug-likeness (QED) is 0.819. The highest BCUT2D eigenvalue weighted by Crippen LogP contribution is 2.10. The van der Waals surface area contributed by atoms with Gasteiger partial charge in [-0.1, -0.05) is 0 Å². The Morgan fingerprint density at radius 3 is 2.72 bits per heavy atom. The van der Waals surface area contributed by atoms with Gasteiger partial charge in [0.25, 0.3) is 0 Å². The zero-order chi connectivity index (χ0) is 13.8. The van der Waals surface area contributed by atoms with E-state index in [1.807, 2.05) is 25.3 Å². The fraction of sp³-hybridized carbons (Fsp3) is 0.692. The van der Waals surface area contributed by atoms with E-state index in [1.54, 1.807) is 12.5 Å². The molecule has 5 nitrogen and oxygen atoms in total. The van der Waals surface area contributed by atoms with E-state index >= 15 is 0 Å². The molecule has 0 aliphatic rings. The lowest BCUT2D eigenvalue weighted by Gasteiger charge is -2.24. The van der Waals surface area contributed by atoms with Crippen molar-refractivity contribution in [3.8, 4) is 0 Å². The maximum atomic E-state index is 12.1. The second kappa shape index (κ2) is 6.00. The van der Waals surface area contributed by atoms with Gasteiger partial charge in [0.05, 0.1) is 12.2 Å². The van der Waals surface area contributed by atoms with Gasteiger partial charge < -0.3 is 15.6 Å². The number of carbonyl (C=O) groups is 1. The molecule has 1 unspecified atom stereocenters. The summed E-state index contributed by atoms with van der Waals surface area (Å²) in [5.74, 6) is -0.194. The summed E-state index contributed by atoms with van der Waals surface area (Å²) in [5, 5.41) is 2.97. The molecule has 1 amide bonds. The normalized spacial score (nSPS) is 13.4. The zero-order valence-electron chi connectivity index (χ0n) is 11.7. The number of nitrogens with one attached hydrogen (secondary N) is 1. The summed E-state index contributed by atoms with van der Waals surface area (Å²) in [6.45, 7) is 9.15. The summed E-state index contributed by atoms with van der Waals surface area (Å²) in [6, 6.07) is 0. The lowest BCUT2D eigenvalue weighted by molar-refractivity contribution is -0.126. The largest absolute Gasteiger partial charge is 0.351 e. The maximum absolute atomic E-state index is 12.1. The molecule has 0 aliphatic carbocycles. The predicted molar refractivity (Wildman–Crippen MR) is 72.0 cm³/mol. The van der Waals surface area contributed by atoms with Crippen LogP contribution < -0.4 is 11.1 Å². The Hall–Kier alpha value is -1.36. The fourth-order valence-corrected chi connectivity index (χ4v) is 1.81. The molecule has 0 aromatic carbocycles. The van der Waals surface area contributed by atoms with Gasteiger partial charge in [-0.15, -0.1) is 0 Å². The van der Waals surface area contributed by atoms with Gasteiger partial charge in [-0.05, 0) is 27.7 Å². The maximum Gasteiger partial charge on any atom is 0.225 e. The van der Waals surface area contributed by atoms with Crippen molar-refractivity contribution in [1.29, 1.82) is 0 Å². The number of aryl methyl sites for hydroxylation is 1. The molecule has 0 saturated carbocycles. The van der Waals surface area contributed by atoms with Crippen molar-refractivity contribution in [2.45, 2.75) is 46.2 Å². The molecule has 0 bridgehead atoms. The molecule has 0 aliphatic heterocycles. The predicted octanol–water partition coefficient (Wildman–Crippen LogP) is 0.935. The van der Waals surface area contributed by atoms with E-state index in [-0.39, 0.29) is 17.4 Å². The topological polar surface area (TPSA) is 72.9 Å². The van der Waals surface area contributed by atoms with E-state index in [4.69, 9.17) is 5.73 Å². The first-order valence-corrected chi connectivity index (χ1v) is 6.38. The molecule has 1 rings (SSSR count). The van der Waals surface area contributed by atoms with Crippen LogP contribution in [0.2, 0.25) is 0 Å². The molecular weight excluding hydrogens is 228 g/mol. The number of nitrogens with zero attached hydrogens (tertiary/aromatic N) is 2. The number of hydrogen-bond donors (Lipinski definition) is 2. The minimum Gasteiger partial charge on any atom is -0.351 e. The van der Waals surface area contributed by atoms with Crippen molar-refractivity contribution < 1.29 is 4.79 Å². The highest BCUT2D eigenvalue weighted by atomic mass is 16.2. The van der Waals surface area contributed by atoms with E-state index in [0.717, 1.165) is 12.2 Å². The molecule has 1 atom stereocenters. The Balaban J connectivity index is 2.70. The smallest absolute Gasteiger partial charge is 0.225 e. The lowest BCUT2D eigenvalue weighted by Crippen LogP contribution is -2.46. The van der Waals surface area contributed by atoms with Crippen LogP contribution >= 0.6 is 0 Å². The molecular formula is C13H24N4O. The second-order valence-electron chi connectivity index (χ2n) is 5.55. The highest BCUT2D eigenvalue weighted by molar-refractivity contribution is 5.79. The van der Waals surface area contributed by atoms with Crippen LogP contribution in [0.25, 0.3) is 0 Å². The molecule has 5 heteroatoms. The van der Waals surface area contributed by atoms with Crippen LogP contribution in [-0.4, -0.2) is 27.5 Å². The van der Waals surface area contributed by atoms with Crippen LogP contribution in [0.3, 0.4) is 0 Å². The number of nitrogens with two attached hydrogens (primary N) is 1. The van der Waals surface area contributed by atoms with Gasteiger partial charge in [-0.25, -0.2) is 4.98 Å². The third kappa shape index (κ3) is 4.14. The molecule has 0 fully saturated rings. The first kappa shape index (κ1) is 14.7. The molecule has 3 N–H and O–H groups in total. The van der Waals surface area contributed by atoms with Crippen LogP contribution in [0.4, 0.5) is 0 Å². The fourth-order valence-electron chi connectivity index (χ4n) is 1.81. The minimum absolute atomic E-state index is 0.00820. The number of amides is 1.